The van der Waals surface area contributed by atoms with Gasteiger partial charge in [0.2, 0.25) is 0 Å². The number of aromatic hydroxyl groups is 1. The van der Waals surface area contributed by atoms with Gasteiger partial charge < -0.3 is 21.5 Å². The number of anilines is 1. The molecule has 1 heterocycles. The van der Waals surface area contributed by atoms with Gasteiger partial charge in [0.15, 0.2) is 5.82 Å². The van der Waals surface area contributed by atoms with Crippen LogP contribution in [0.4, 0.5) is 5.82 Å². The van der Waals surface area contributed by atoms with Crippen molar-refractivity contribution in [3.63, 3.8) is 0 Å². The first-order valence-electron chi connectivity index (χ1n) is 12.5. The monoisotopic (exact) mass is 553 g/mol. The third-order valence-electron chi connectivity index (χ3n) is 6.35. The average Bonchev–Trinajstić information content (AvgIpc) is 2.96. The van der Waals surface area contributed by atoms with E-state index in [0.29, 0.717) is 46.1 Å². The van der Waals surface area contributed by atoms with Crippen molar-refractivity contribution in [1.82, 2.24) is 10.3 Å². The van der Waals surface area contributed by atoms with E-state index in [0.717, 1.165) is 0 Å². The first-order valence-corrected chi connectivity index (χ1v) is 12.9. The Morgan fingerprint density at radius 2 is 1.68 bits per heavy atom. The number of hydrogen-bond donors (Lipinski definition) is 4. The molecule has 0 aliphatic rings. The minimum absolute atomic E-state index is 0.00257. The molecule has 0 aliphatic heterocycles. The Kier molecular flexibility index (Phi) is 8.49. The molecule has 0 bridgehead atoms. The fourth-order valence-electron chi connectivity index (χ4n) is 3.94. The number of hydrogen-bond acceptors (Lipinski definition) is 6. The molecule has 4 rings (SSSR count). The van der Waals surface area contributed by atoms with Crippen molar-refractivity contribution in [2.24, 2.45) is 11.1 Å². The minimum Gasteiger partial charge on any atom is -0.507 e. The Morgan fingerprint density at radius 3 is 2.35 bits per heavy atom. The summed E-state index contributed by atoms with van der Waals surface area (Å²) in [7, 11) is 0. The number of amides is 2. The Labute approximate surface area is 237 Å². The summed E-state index contributed by atoms with van der Waals surface area (Å²) >= 11 is 6.06. The van der Waals surface area contributed by atoms with Crippen molar-refractivity contribution >= 4 is 29.2 Å². The number of rotatable bonds is 8. The van der Waals surface area contributed by atoms with Crippen molar-refractivity contribution in [3.8, 4) is 34.2 Å². The summed E-state index contributed by atoms with van der Waals surface area (Å²) < 4.78 is 0. The fraction of sp³-hybridized carbons (Fsp3) is 0.161. The Morgan fingerprint density at radius 1 is 0.975 bits per heavy atom. The number of nitrogens with two attached hydrogens (primary N) is 1. The standard InChI is InChI=1S/C31H28ClN5O3/c1-31(2,17-34)18-35-29(39)20-8-5-7-19(13-20)24-15-26(23-11-3-4-12-27(23)38)36-28(25(24)16-33)37-30(40)21-9-6-10-22(32)14-21/h3-15,38H,17-18,34H2,1-2H3,(H,35,39)(H,36,37,40). The van der Waals surface area contributed by atoms with Gasteiger partial charge in [-0.05, 0) is 66.1 Å². The molecule has 202 valence electrons. The number of halogens is 1. The van der Waals surface area contributed by atoms with E-state index in [1.807, 2.05) is 13.8 Å². The molecular formula is C31H28ClN5O3. The van der Waals surface area contributed by atoms with Gasteiger partial charge in [-0.3, -0.25) is 9.59 Å². The van der Waals surface area contributed by atoms with Crippen molar-refractivity contribution in [2.75, 3.05) is 18.4 Å². The van der Waals surface area contributed by atoms with Crippen LogP contribution in [0, 0.1) is 16.7 Å². The van der Waals surface area contributed by atoms with Crippen LogP contribution in [0.15, 0.2) is 78.9 Å². The van der Waals surface area contributed by atoms with E-state index in [1.54, 1.807) is 66.7 Å². The number of nitriles is 1. The topological polar surface area (TPSA) is 141 Å². The minimum atomic E-state index is -0.512. The van der Waals surface area contributed by atoms with E-state index in [2.05, 4.69) is 21.7 Å². The van der Waals surface area contributed by atoms with E-state index < -0.39 is 5.91 Å². The molecule has 0 spiro atoms. The Hall–Kier alpha value is -4.71. The predicted octanol–water partition coefficient (Wildman–Crippen LogP) is 5.61. The largest absolute Gasteiger partial charge is 0.507 e. The average molecular weight is 554 g/mol. The Bertz CT molecular complexity index is 1630. The number of carbonyl (C=O) groups excluding carboxylic acids is 2. The number of para-hydroxylation sites is 1. The number of phenols is 1. The molecule has 3 aromatic carbocycles. The predicted molar refractivity (Wildman–Crippen MR) is 156 cm³/mol. The second-order valence-electron chi connectivity index (χ2n) is 10.0. The summed E-state index contributed by atoms with van der Waals surface area (Å²) in [5, 5.41) is 26.7. The summed E-state index contributed by atoms with van der Waals surface area (Å²) in [5.41, 5.74) is 8.00. The van der Waals surface area contributed by atoms with Crippen molar-refractivity contribution < 1.29 is 14.7 Å². The van der Waals surface area contributed by atoms with Gasteiger partial charge >= 0.3 is 0 Å². The zero-order chi connectivity index (χ0) is 28.9. The first kappa shape index (κ1) is 28.3. The number of benzene rings is 3. The Balaban J connectivity index is 1.81. The maximum absolute atomic E-state index is 13.1. The van der Waals surface area contributed by atoms with Crippen LogP contribution in [0.25, 0.3) is 22.4 Å². The van der Waals surface area contributed by atoms with E-state index >= 15 is 0 Å². The highest BCUT2D eigenvalue weighted by Gasteiger charge is 2.21. The van der Waals surface area contributed by atoms with Crippen LogP contribution in [-0.4, -0.2) is 35.0 Å². The molecule has 5 N–H and O–H groups in total. The van der Waals surface area contributed by atoms with Crippen LogP contribution in [0.5, 0.6) is 5.75 Å². The van der Waals surface area contributed by atoms with Gasteiger partial charge in [0.1, 0.15) is 17.4 Å². The second-order valence-corrected chi connectivity index (χ2v) is 10.4. The number of phenolic OH excluding ortho intramolecular Hbond substituents is 1. The van der Waals surface area contributed by atoms with E-state index in [4.69, 9.17) is 17.3 Å². The molecule has 8 nitrogen and oxygen atoms in total. The smallest absolute Gasteiger partial charge is 0.256 e. The molecule has 40 heavy (non-hydrogen) atoms. The lowest BCUT2D eigenvalue weighted by Crippen LogP contribution is -2.38. The van der Waals surface area contributed by atoms with Crippen molar-refractivity contribution in [1.29, 1.82) is 5.26 Å². The first-order chi connectivity index (χ1) is 19.1. The van der Waals surface area contributed by atoms with Crippen LogP contribution in [0.1, 0.15) is 40.1 Å². The molecule has 0 radical (unpaired) electrons. The summed E-state index contributed by atoms with van der Waals surface area (Å²) in [4.78, 5) is 30.6. The summed E-state index contributed by atoms with van der Waals surface area (Å²) in [5.74, 6) is -0.815. The molecule has 0 aliphatic carbocycles. The number of aromatic nitrogens is 1. The summed E-state index contributed by atoms with van der Waals surface area (Å²) in [6, 6.07) is 23.6. The van der Waals surface area contributed by atoms with Gasteiger partial charge in [0.05, 0.1) is 5.69 Å². The normalized spacial score (nSPS) is 11.0. The highest BCUT2D eigenvalue weighted by Crippen LogP contribution is 2.36. The molecule has 1 aromatic heterocycles. The van der Waals surface area contributed by atoms with E-state index in [1.165, 1.54) is 12.1 Å². The molecule has 0 saturated carbocycles. The van der Waals surface area contributed by atoms with E-state index in [9.17, 15) is 20.0 Å². The third-order valence-corrected chi connectivity index (χ3v) is 6.58. The van der Waals surface area contributed by atoms with Crippen LogP contribution in [-0.2, 0) is 0 Å². The van der Waals surface area contributed by atoms with Crippen LogP contribution in [0.3, 0.4) is 0 Å². The maximum Gasteiger partial charge on any atom is 0.256 e. The molecule has 0 atom stereocenters. The summed E-state index contributed by atoms with van der Waals surface area (Å²) in [6.45, 7) is 4.72. The van der Waals surface area contributed by atoms with Gasteiger partial charge in [0.25, 0.3) is 11.8 Å². The molecule has 9 heteroatoms. The fourth-order valence-corrected chi connectivity index (χ4v) is 4.13. The van der Waals surface area contributed by atoms with E-state index in [-0.39, 0.29) is 34.0 Å². The van der Waals surface area contributed by atoms with Gasteiger partial charge in [-0.1, -0.05) is 55.8 Å². The number of nitrogens with one attached hydrogen (secondary N) is 2. The molecule has 0 fully saturated rings. The lowest BCUT2D eigenvalue weighted by molar-refractivity contribution is 0.0937. The summed E-state index contributed by atoms with van der Waals surface area (Å²) in [6.07, 6.45) is 0. The van der Waals surface area contributed by atoms with Crippen molar-refractivity contribution in [2.45, 2.75) is 13.8 Å². The van der Waals surface area contributed by atoms with Gasteiger partial charge in [-0.2, -0.15) is 5.26 Å². The molecule has 2 amide bonds. The molecular weight excluding hydrogens is 526 g/mol. The molecule has 4 aromatic rings. The zero-order valence-corrected chi connectivity index (χ0v) is 22.8. The highest BCUT2D eigenvalue weighted by atomic mass is 35.5. The molecule has 0 saturated heterocycles. The highest BCUT2D eigenvalue weighted by molar-refractivity contribution is 6.31. The molecule has 0 unspecified atom stereocenters. The second kappa shape index (κ2) is 12.0. The van der Waals surface area contributed by atoms with Gasteiger partial charge in [0, 0.05) is 33.8 Å². The number of carbonyl (C=O) groups is 2. The lowest BCUT2D eigenvalue weighted by atomic mass is 9.93. The van der Waals surface area contributed by atoms with Gasteiger partial charge in [-0.15, -0.1) is 0 Å². The van der Waals surface area contributed by atoms with Crippen molar-refractivity contribution in [3.05, 3.63) is 101 Å². The quantitative estimate of drug-likeness (QED) is 0.223. The lowest BCUT2D eigenvalue weighted by Gasteiger charge is -2.22. The number of nitrogens with zero attached hydrogens (tertiary/aromatic N) is 2. The third kappa shape index (κ3) is 6.46. The van der Waals surface area contributed by atoms with Crippen LogP contribution >= 0.6 is 11.6 Å². The zero-order valence-electron chi connectivity index (χ0n) is 22.0. The van der Waals surface area contributed by atoms with Gasteiger partial charge in [-0.25, -0.2) is 4.98 Å². The number of pyridine rings is 1. The SMILES string of the molecule is CC(C)(CN)CNC(=O)c1cccc(-c2cc(-c3ccccc3O)nc(NC(=O)c3cccc(Cl)c3)c2C#N)c1. The van der Waals surface area contributed by atoms with Crippen LogP contribution < -0.4 is 16.4 Å². The van der Waals surface area contributed by atoms with Crippen LogP contribution in [0.2, 0.25) is 5.02 Å². The maximum atomic E-state index is 13.1.